The van der Waals surface area contributed by atoms with Gasteiger partial charge in [-0.05, 0) is 30.0 Å². The summed E-state index contributed by atoms with van der Waals surface area (Å²) in [6.45, 7) is 0. The average molecular weight is 222 g/mol. The van der Waals surface area contributed by atoms with Crippen molar-refractivity contribution in [1.82, 2.24) is 4.98 Å². The molecule has 0 saturated heterocycles. The third-order valence-corrected chi connectivity index (χ3v) is 2.81. The van der Waals surface area contributed by atoms with Gasteiger partial charge in [0.05, 0.1) is 12.0 Å². The lowest BCUT2D eigenvalue weighted by molar-refractivity contribution is 0.743. The minimum absolute atomic E-state index is 0.0658. The number of benzene rings is 1. The molecule has 1 aromatic heterocycles. The first kappa shape index (κ1) is 11.3. The van der Waals surface area contributed by atoms with E-state index in [2.05, 4.69) is 23.2 Å². The van der Waals surface area contributed by atoms with Gasteiger partial charge in [-0.15, -0.1) is 0 Å². The quantitative estimate of drug-likeness (QED) is 0.795. The molecule has 0 spiro atoms. The molecule has 2 aromatic rings. The molecule has 1 unspecified atom stereocenters. The third kappa shape index (κ3) is 3.15. The summed E-state index contributed by atoms with van der Waals surface area (Å²) in [5, 5.41) is 9.18. The average Bonchev–Trinajstić information content (AvgIpc) is 2.42. The monoisotopic (exact) mass is 222 g/mol. The van der Waals surface area contributed by atoms with Gasteiger partial charge < -0.3 is 0 Å². The maximum absolute atomic E-state index is 9.18. The number of nitriles is 1. The van der Waals surface area contributed by atoms with E-state index in [-0.39, 0.29) is 5.92 Å². The number of nitrogens with zero attached hydrogens (tertiary/aromatic N) is 2. The first-order valence-electron chi connectivity index (χ1n) is 5.73. The lowest BCUT2D eigenvalue weighted by Crippen LogP contribution is -1.98. The number of hydrogen-bond donors (Lipinski definition) is 0. The number of pyridine rings is 1. The van der Waals surface area contributed by atoms with Crippen molar-refractivity contribution in [3.63, 3.8) is 0 Å². The summed E-state index contributed by atoms with van der Waals surface area (Å²) < 4.78 is 0. The lowest BCUT2D eigenvalue weighted by Gasteiger charge is -2.08. The van der Waals surface area contributed by atoms with Crippen molar-refractivity contribution >= 4 is 0 Å². The Hall–Kier alpha value is -2.14. The zero-order valence-electron chi connectivity index (χ0n) is 9.58. The second-order valence-electron chi connectivity index (χ2n) is 3.99. The molecule has 0 amide bonds. The van der Waals surface area contributed by atoms with Crippen LogP contribution in [0.15, 0.2) is 54.9 Å². The fourth-order valence-corrected chi connectivity index (χ4v) is 1.84. The van der Waals surface area contributed by atoms with Crippen molar-refractivity contribution in [3.8, 4) is 6.07 Å². The van der Waals surface area contributed by atoms with Crippen LogP contribution in [0.5, 0.6) is 0 Å². The molecule has 1 atom stereocenters. The smallest absolute Gasteiger partial charge is 0.0730 e. The van der Waals surface area contributed by atoms with Crippen LogP contribution in [0.4, 0.5) is 0 Å². The van der Waals surface area contributed by atoms with Gasteiger partial charge in [0.2, 0.25) is 0 Å². The van der Waals surface area contributed by atoms with Crippen LogP contribution in [0, 0.1) is 11.3 Å². The predicted molar refractivity (Wildman–Crippen MR) is 67.4 cm³/mol. The highest BCUT2D eigenvalue weighted by atomic mass is 14.6. The van der Waals surface area contributed by atoms with Gasteiger partial charge >= 0.3 is 0 Å². The van der Waals surface area contributed by atoms with E-state index in [0.717, 1.165) is 18.4 Å². The molecule has 0 bridgehead atoms. The zero-order valence-corrected chi connectivity index (χ0v) is 9.58. The molecule has 1 aromatic carbocycles. The summed E-state index contributed by atoms with van der Waals surface area (Å²) in [7, 11) is 0. The van der Waals surface area contributed by atoms with Crippen molar-refractivity contribution in [3.05, 3.63) is 66.0 Å². The Labute approximate surface area is 102 Å². The standard InChI is InChI=1S/C15H14N2/c16-11-14(15-7-4-10-17-12-15)9-8-13-5-2-1-3-6-13/h1-7,10,12,14H,8-9H2. The van der Waals surface area contributed by atoms with Crippen molar-refractivity contribution in [2.75, 3.05) is 0 Å². The lowest BCUT2D eigenvalue weighted by atomic mass is 9.95. The zero-order chi connectivity index (χ0) is 11.9. The summed E-state index contributed by atoms with van der Waals surface area (Å²) in [5.74, 6) is -0.0658. The maximum Gasteiger partial charge on any atom is 0.0730 e. The third-order valence-electron chi connectivity index (χ3n) is 2.81. The second kappa shape index (κ2) is 5.81. The van der Waals surface area contributed by atoms with Crippen LogP contribution in [0.25, 0.3) is 0 Å². The Morgan fingerprint density at radius 1 is 1.12 bits per heavy atom. The molecule has 0 aliphatic heterocycles. The van der Waals surface area contributed by atoms with Gasteiger partial charge in [0.15, 0.2) is 0 Å². The second-order valence-corrected chi connectivity index (χ2v) is 3.99. The summed E-state index contributed by atoms with van der Waals surface area (Å²) >= 11 is 0. The molecule has 0 aliphatic rings. The number of aromatic nitrogens is 1. The Morgan fingerprint density at radius 2 is 1.94 bits per heavy atom. The van der Waals surface area contributed by atoms with E-state index in [1.807, 2.05) is 30.3 Å². The van der Waals surface area contributed by atoms with E-state index in [4.69, 9.17) is 0 Å². The molecule has 2 heteroatoms. The first-order chi connectivity index (χ1) is 8.40. The number of aryl methyl sites for hydroxylation is 1. The van der Waals surface area contributed by atoms with Gasteiger partial charge in [0.25, 0.3) is 0 Å². The van der Waals surface area contributed by atoms with Crippen LogP contribution in [0.2, 0.25) is 0 Å². The molecule has 17 heavy (non-hydrogen) atoms. The molecule has 0 saturated carbocycles. The number of hydrogen-bond acceptors (Lipinski definition) is 2. The SMILES string of the molecule is N#CC(CCc1ccccc1)c1cccnc1. The van der Waals surface area contributed by atoms with E-state index in [0.29, 0.717) is 0 Å². The molecule has 0 aliphatic carbocycles. The molecule has 84 valence electrons. The summed E-state index contributed by atoms with van der Waals surface area (Å²) in [6.07, 6.45) is 5.27. The van der Waals surface area contributed by atoms with Crippen molar-refractivity contribution in [2.45, 2.75) is 18.8 Å². The largest absolute Gasteiger partial charge is 0.264 e. The van der Waals surface area contributed by atoms with Gasteiger partial charge in [-0.2, -0.15) is 5.26 Å². The van der Waals surface area contributed by atoms with Gasteiger partial charge in [-0.1, -0.05) is 36.4 Å². The van der Waals surface area contributed by atoms with Gasteiger partial charge in [0, 0.05) is 12.4 Å². The summed E-state index contributed by atoms with van der Waals surface area (Å²) in [6, 6.07) is 16.4. The predicted octanol–water partition coefficient (Wildman–Crippen LogP) is 3.32. The highest BCUT2D eigenvalue weighted by Crippen LogP contribution is 2.19. The van der Waals surface area contributed by atoms with E-state index < -0.39 is 0 Å². The van der Waals surface area contributed by atoms with Crippen LogP contribution < -0.4 is 0 Å². The van der Waals surface area contributed by atoms with Gasteiger partial charge in [-0.25, -0.2) is 0 Å². The van der Waals surface area contributed by atoms with E-state index >= 15 is 0 Å². The molecule has 1 heterocycles. The van der Waals surface area contributed by atoms with Gasteiger partial charge in [0.1, 0.15) is 0 Å². The fraction of sp³-hybridized carbons (Fsp3) is 0.200. The topological polar surface area (TPSA) is 36.7 Å². The highest BCUT2D eigenvalue weighted by Gasteiger charge is 2.10. The Bertz CT molecular complexity index is 485. The van der Waals surface area contributed by atoms with Crippen molar-refractivity contribution in [1.29, 1.82) is 5.26 Å². The Balaban J connectivity index is 2.01. The van der Waals surface area contributed by atoms with Crippen molar-refractivity contribution < 1.29 is 0 Å². The van der Waals surface area contributed by atoms with E-state index in [1.165, 1.54) is 5.56 Å². The van der Waals surface area contributed by atoms with Crippen LogP contribution in [-0.4, -0.2) is 4.98 Å². The summed E-state index contributed by atoms with van der Waals surface area (Å²) in [4.78, 5) is 4.06. The Morgan fingerprint density at radius 3 is 2.59 bits per heavy atom. The summed E-state index contributed by atoms with van der Waals surface area (Å²) in [5.41, 5.74) is 2.28. The maximum atomic E-state index is 9.18. The fourth-order valence-electron chi connectivity index (χ4n) is 1.84. The van der Waals surface area contributed by atoms with Crippen LogP contribution in [0.3, 0.4) is 0 Å². The van der Waals surface area contributed by atoms with Crippen LogP contribution >= 0.6 is 0 Å². The normalized spacial score (nSPS) is 11.7. The molecular formula is C15H14N2. The number of rotatable bonds is 4. The van der Waals surface area contributed by atoms with E-state index in [1.54, 1.807) is 12.4 Å². The molecule has 2 nitrogen and oxygen atoms in total. The Kier molecular flexibility index (Phi) is 3.88. The van der Waals surface area contributed by atoms with Crippen LogP contribution in [-0.2, 0) is 6.42 Å². The van der Waals surface area contributed by atoms with Crippen LogP contribution in [0.1, 0.15) is 23.5 Å². The van der Waals surface area contributed by atoms with Crippen molar-refractivity contribution in [2.24, 2.45) is 0 Å². The molecule has 0 N–H and O–H groups in total. The minimum atomic E-state index is -0.0658. The highest BCUT2D eigenvalue weighted by molar-refractivity contribution is 5.22. The molecular weight excluding hydrogens is 208 g/mol. The molecule has 2 rings (SSSR count). The molecule has 0 fully saturated rings. The first-order valence-corrected chi connectivity index (χ1v) is 5.73. The van der Waals surface area contributed by atoms with E-state index in [9.17, 15) is 5.26 Å². The van der Waals surface area contributed by atoms with Gasteiger partial charge in [-0.3, -0.25) is 4.98 Å². The minimum Gasteiger partial charge on any atom is -0.264 e. The molecule has 0 radical (unpaired) electrons.